The first kappa shape index (κ1) is 20.5. The van der Waals surface area contributed by atoms with E-state index in [1.807, 2.05) is 43.6 Å². The molecule has 2 aromatic heterocycles. The summed E-state index contributed by atoms with van der Waals surface area (Å²) >= 11 is 0. The van der Waals surface area contributed by atoms with Gasteiger partial charge in [-0.2, -0.15) is 5.10 Å². The zero-order valence-electron chi connectivity index (χ0n) is 18.4. The molecule has 0 spiro atoms. The highest BCUT2D eigenvalue weighted by Crippen LogP contribution is 2.29. The molecule has 1 aliphatic rings. The fourth-order valence-corrected chi connectivity index (χ4v) is 4.22. The van der Waals surface area contributed by atoms with Crippen LogP contribution in [0.2, 0.25) is 0 Å². The second-order valence-corrected chi connectivity index (χ2v) is 8.45. The van der Waals surface area contributed by atoms with E-state index in [0.717, 1.165) is 52.4 Å². The van der Waals surface area contributed by atoms with Gasteiger partial charge < -0.3 is 9.84 Å². The van der Waals surface area contributed by atoms with Crippen LogP contribution >= 0.6 is 0 Å². The van der Waals surface area contributed by atoms with Crippen molar-refractivity contribution < 1.29 is 9.84 Å². The van der Waals surface area contributed by atoms with Crippen molar-refractivity contribution in [1.82, 2.24) is 19.5 Å². The number of fused-ring (bicyclic) bond motifs is 1. The largest absolute Gasteiger partial charge is 0.508 e. The number of aryl methyl sites for hydroxylation is 1. The average molecular weight is 429 g/mol. The Hall–Kier alpha value is -3.38. The first-order valence-corrected chi connectivity index (χ1v) is 11.3. The van der Waals surface area contributed by atoms with Gasteiger partial charge >= 0.3 is 0 Å². The van der Waals surface area contributed by atoms with Gasteiger partial charge in [0.15, 0.2) is 5.65 Å². The number of phenols is 1. The number of aromatic hydroxyl groups is 1. The SMILES string of the molecule is Cc1ccc(-c2cnn3cc(-c4ccc(OCCN5CCCCC5)cc4)cnc23)cc1O. The van der Waals surface area contributed by atoms with Gasteiger partial charge in [-0.05, 0) is 67.7 Å². The van der Waals surface area contributed by atoms with Gasteiger partial charge in [-0.1, -0.05) is 30.7 Å². The summed E-state index contributed by atoms with van der Waals surface area (Å²) in [5.74, 6) is 1.16. The van der Waals surface area contributed by atoms with Gasteiger partial charge in [0, 0.05) is 30.1 Å². The number of hydrogen-bond donors (Lipinski definition) is 1. The van der Waals surface area contributed by atoms with E-state index >= 15 is 0 Å². The zero-order valence-corrected chi connectivity index (χ0v) is 18.4. The minimum Gasteiger partial charge on any atom is -0.508 e. The van der Waals surface area contributed by atoms with Crippen molar-refractivity contribution in [2.45, 2.75) is 26.2 Å². The minimum absolute atomic E-state index is 0.275. The first-order chi connectivity index (χ1) is 15.7. The summed E-state index contributed by atoms with van der Waals surface area (Å²) in [5, 5.41) is 14.5. The van der Waals surface area contributed by atoms with Crippen molar-refractivity contribution >= 4 is 5.65 Å². The van der Waals surface area contributed by atoms with Gasteiger partial charge in [0.1, 0.15) is 18.1 Å². The number of hydrogen-bond acceptors (Lipinski definition) is 5. The molecule has 5 rings (SSSR count). The summed E-state index contributed by atoms with van der Waals surface area (Å²) < 4.78 is 7.73. The average Bonchev–Trinajstić information content (AvgIpc) is 3.25. The van der Waals surface area contributed by atoms with E-state index in [0.29, 0.717) is 0 Å². The van der Waals surface area contributed by atoms with Gasteiger partial charge in [-0.3, -0.25) is 4.90 Å². The van der Waals surface area contributed by atoms with E-state index in [1.54, 1.807) is 16.8 Å². The lowest BCUT2D eigenvalue weighted by atomic mass is 10.1. The Morgan fingerprint density at radius 3 is 2.50 bits per heavy atom. The molecule has 1 fully saturated rings. The summed E-state index contributed by atoms with van der Waals surface area (Å²) in [4.78, 5) is 7.13. The van der Waals surface area contributed by atoms with Crippen LogP contribution in [0.4, 0.5) is 0 Å². The van der Waals surface area contributed by atoms with Crippen molar-refractivity contribution in [3.05, 3.63) is 66.6 Å². The molecule has 1 aliphatic heterocycles. The van der Waals surface area contributed by atoms with E-state index in [9.17, 15) is 5.11 Å². The highest BCUT2D eigenvalue weighted by Gasteiger charge is 2.12. The molecule has 32 heavy (non-hydrogen) atoms. The molecule has 3 heterocycles. The number of aromatic nitrogens is 3. The van der Waals surface area contributed by atoms with Gasteiger partial charge in [-0.25, -0.2) is 9.50 Å². The van der Waals surface area contributed by atoms with Crippen LogP contribution in [0.15, 0.2) is 61.1 Å². The predicted molar refractivity (Wildman–Crippen MR) is 126 cm³/mol. The molecule has 4 aromatic rings. The van der Waals surface area contributed by atoms with E-state index in [2.05, 4.69) is 27.1 Å². The Bertz CT molecular complexity index is 1210. The molecule has 6 nitrogen and oxygen atoms in total. The van der Waals surface area contributed by atoms with Crippen LogP contribution in [0.25, 0.3) is 27.9 Å². The van der Waals surface area contributed by atoms with Crippen LogP contribution in [0.1, 0.15) is 24.8 Å². The maximum absolute atomic E-state index is 10.0. The fraction of sp³-hybridized carbons (Fsp3) is 0.308. The third-order valence-electron chi connectivity index (χ3n) is 6.19. The summed E-state index contributed by atoms with van der Waals surface area (Å²) in [6, 6.07) is 13.8. The quantitative estimate of drug-likeness (QED) is 0.471. The maximum atomic E-state index is 10.0. The number of phenolic OH excluding ortho intramolecular Hbond substituents is 1. The number of nitrogens with zero attached hydrogens (tertiary/aromatic N) is 4. The van der Waals surface area contributed by atoms with Crippen LogP contribution in [0.3, 0.4) is 0 Å². The number of rotatable bonds is 6. The van der Waals surface area contributed by atoms with Crippen LogP contribution in [-0.2, 0) is 0 Å². The van der Waals surface area contributed by atoms with E-state index < -0.39 is 0 Å². The number of ether oxygens (including phenoxy) is 1. The summed E-state index contributed by atoms with van der Waals surface area (Å²) in [5.41, 5.74) is 5.44. The van der Waals surface area contributed by atoms with Crippen molar-refractivity contribution in [2.75, 3.05) is 26.2 Å². The lowest BCUT2D eigenvalue weighted by molar-refractivity contribution is 0.183. The molecule has 1 saturated heterocycles. The number of benzene rings is 2. The molecule has 0 unspecified atom stereocenters. The van der Waals surface area contributed by atoms with Crippen LogP contribution in [-0.4, -0.2) is 50.8 Å². The number of likely N-dealkylation sites (tertiary alicyclic amines) is 1. The van der Waals surface area contributed by atoms with Crippen molar-refractivity contribution in [2.24, 2.45) is 0 Å². The Kier molecular flexibility index (Phi) is 5.77. The third kappa shape index (κ3) is 4.32. The Labute approximate surface area is 188 Å². The molecule has 0 saturated carbocycles. The van der Waals surface area contributed by atoms with E-state index in [4.69, 9.17) is 4.74 Å². The van der Waals surface area contributed by atoms with Crippen LogP contribution in [0, 0.1) is 6.92 Å². The van der Waals surface area contributed by atoms with Crippen LogP contribution < -0.4 is 4.74 Å². The first-order valence-electron chi connectivity index (χ1n) is 11.3. The number of piperidine rings is 1. The summed E-state index contributed by atoms with van der Waals surface area (Å²) in [6.07, 6.45) is 9.59. The standard InChI is InChI=1S/C26H28N4O2/c1-19-5-6-21(15-25(19)31)24-17-28-30-18-22(16-27-26(24)30)20-7-9-23(10-8-20)32-14-13-29-11-3-2-4-12-29/h5-10,15-18,31H,2-4,11-14H2,1H3. The second-order valence-electron chi connectivity index (χ2n) is 8.45. The molecular formula is C26H28N4O2. The molecular weight excluding hydrogens is 400 g/mol. The molecule has 6 heteroatoms. The fourth-order valence-electron chi connectivity index (χ4n) is 4.22. The lowest BCUT2D eigenvalue weighted by Crippen LogP contribution is -2.33. The second kappa shape index (κ2) is 9.01. The Morgan fingerprint density at radius 2 is 1.72 bits per heavy atom. The molecule has 0 amide bonds. The smallest absolute Gasteiger partial charge is 0.162 e. The van der Waals surface area contributed by atoms with Gasteiger partial charge in [0.25, 0.3) is 0 Å². The van der Waals surface area contributed by atoms with Gasteiger partial charge in [0.2, 0.25) is 0 Å². The molecule has 0 bridgehead atoms. The summed E-state index contributed by atoms with van der Waals surface area (Å²) in [6.45, 7) is 5.97. The Morgan fingerprint density at radius 1 is 0.938 bits per heavy atom. The van der Waals surface area contributed by atoms with Crippen LogP contribution in [0.5, 0.6) is 11.5 Å². The van der Waals surface area contributed by atoms with Crippen molar-refractivity contribution in [3.63, 3.8) is 0 Å². The lowest BCUT2D eigenvalue weighted by Gasteiger charge is -2.26. The van der Waals surface area contributed by atoms with E-state index in [1.165, 1.54) is 32.4 Å². The molecule has 2 aromatic carbocycles. The maximum Gasteiger partial charge on any atom is 0.162 e. The molecule has 164 valence electrons. The Balaban J connectivity index is 1.28. The molecule has 0 aliphatic carbocycles. The topological polar surface area (TPSA) is 62.9 Å². The van der Waals surface area contributed by atoms with Gasteiger partial charge in [-0.15, -0.1) is 0 Å². The third-order valence-corrected chi connectivity index (χ3v) is 6.19. The molecule has 1 N–H and O–H groups in total. The normalized spacial score (nSPS) is 14.7. The zero-order chi connectivity index (χ0) is 21.9. The molecule has 0 radical (unpaired) electrons. The highest BCUT2D eigenvalue weighted by molar-refractivity contribution is 5.78. The predicted octanol–water partition coefficient (Wildman–Crippen LogP) is 4.94. The van der Waals surface area contributed by atoms with Crippen molar-refractivity contribution in [1.29, 1.82) is 0 Å². The monoisotopic (exact) mass is 428 g/mol. The summed E-state index contributed by atoms with van der Waals surface area (Å²) in [7, 11) is 0. The molecule has 0 atom stereocenters. The van der Waals surface area contributed by atoms with Gasteiger partial charge in [0.05, 0.1) is 6.20 Å². The minimum atomic E-state index is 0.275. The van der Waals surface area contributed by atoms with E-state index in [-0.39, 0.29) is 5.75 Å². The highest BCUT2D eigenvalue weighted by atomic mass is 16.5. The van der Waals surface area contributed by atoms with Crippen molar-refractivity contribution in [3.8, 4) is 33.8 Å².